The van der Waals surface area contributed by atoms with Crippen LogP contribution in [0.2, 0.25) is 0 Å². The molecule has 112 valence electrons. The van der Waals surface area contributed by atoms with Crippen LogP contribution in [0.15, 0.2) is 24.4 Å². The van der Waals surface area contributed by atoms with Crippen LogP contribution in [0.25, 0.3) is 0 Å². The Morgan fingerprint density at radius 2 is 2.19 bits per heavy atom. The molecule has 21 heavy (non-hydrogen) atoms. The van der Waals surface area contributed by atoms with Crippen molar-refractivity contribution in [3.8, 4) is 5.75 Å². The number of nitro groups is 1. The van der Waals surface area contributed by atoms with Crippen LogP contribution < -0.4 is 10.1 Å². The van der Waals surface area contributed by atoms with Crippen molar-refractivity contribution in [1.29, 1.82) is 0 Å². The number of aryl methyl sites for hydroxylation is 2. The van der Waals surface area contributed by atoms with Gasteiger partial charge in [-0.3, -0.25) is 14.8 Å². The van der Waals surface area contributed by atoms with Gasteiger partial charge in [0.15, 0.2) is 5.75 Å². The van der Waals surface area contributed by atoms with Gasteiger partial charge < -0.3 is 10.1 Å². The molecule has 0 aliphatic heterocycles. The van der Waals surface area contributed by atoms with Gasteiger partial charge in [0.25, 0.3) is 0 Å². The number of benzene rings is 1. The molecule has 0 saturated heterocycles. The number of hydrogen-bond acceptors (Lipinski definition) is 5. The standard InChI is InChI=1S/C14H18N4O3/c1-4-8-21-13-7-5-6-11(14(13)18(19)20)15-12-9-17(3)16-10(12)2/h5-7,9,15H,4,8H2,1-3H3. The van der Waals surface area contributed by atoms with E-state index >= 15 is 0 Å². The predicted molar refractivity (Wildman–Crippen MR) is 80.1 cm³/mol. The summed E-state index contributed by atoms with van der Waals surface area (Å²) in [5.41, 5.74) is 1.83. The molecule has 7 nitrogen and oxygen atoms in total. The van der Waals surface area contributed by atoms with Crippen LogP contribution in [0.3, 0.4) is 0 Å². The second kappa shape index (κ2) is 6.25. The summed E-state index contributed by atoms with van der Waals surface area (Å²) in [6.45, 7) is 4.23. The molecule has 0 radical (unpaired) electrons. The Morgan fingerprint density at radius 1 is 1.43 bits per heavy atom. The van der Waals surface area contributed by atoms with Crippen molar-refractivity contribution < 1.29 is 9.66 Å². The Labute approximate surface area is 122 Å². The molecular formula is C14H18N4O3. The predicted octanol–water partition coefficient (Wildman–Crippen LogP) is 3.17. The Bertz CT molecular complexity index is 652. The van der Waals surface area contributed by atoms with Crippen LogP contribution in [0.1, 0.15) is 19.0 Å². The SMILES string of the molecule is CCCOc1cccc(Nc2cn(C)nc2C)c1[N+](=O)[O-]. The van der Waals surface area contributed by atoms with E-state index in [1.54, 1.807) is 36.1 Å². The second-order valence-electron chi connectivity index (χ2n) is 4.68. The molecule has 2 aromatic rings. The monoisotopic (exact) mass is 290 g/mol. The minimum Gasteiger partial charge on any atom is -0.487 e. The summed E-state index contributed by atoms with van der Waals surface area (Å²) in [6.07, 6.45) is 2.56. The summed E-state index contributed by atoms with van der Waals surface area (Å²) < 4.78 is 7.11. The highest BCUT2D eigenvalue weighted by Gasteiger charge is 2.21. The third-order valence-electron chi connectivity index (χ3n) is 2.93. The van der Waals surface area contributed by atoms with Crippen LogP contribution in [0.5, 0.6) is 5.75 Å². The number of nitrogens with zero attached hydrogens (tertiary/aromatic N) is 3. The third kappa shape index (κ3) is 3.31. The number of para-hydroxylation sites is 1. The Balaban J connectivity index is 2.38. The van der Waals surface area contributed by atoms with E-state index in [1.807, 2.05) is 13.8 Å². The molecule has 1 aromatic heterocycles. The van der Waals surface area contributed by atoms with E-state index in [2.05, 4.69) is 10.4 Å². The van der Waals surface area contributed by atoms with Crippen LogP contribution in [-0.2, 0) is 7.05 Å². The lowest BCUT2D eigenvalue weighted by Gasteiger charge is -2.10. The molecule has 0 aliphatic carbocycles. The first kappa shape index (κ1) is 14.8. The highest BCUT2D eigenvalue weighted by molar-refractivity contribution is 5.74. The molecule has 1 heterocycles. The van der Waals surface area contributed by atoms with Gasteiger partial charge in [-0.15, -0.1) is 0 Å². The molecule has 0 bridgehead atoms. The van der Waals surface area contributed by atoms with E-state index in [0.29, 0.717) is 12.3 Å². The van der Waals surface area contributed by atoms with Crippen LogP contribution in [0.4, 0.5) is 17.1 Å². The largest absolute Gasteiger partial charge is 0.487 e. The summed E-state index contributed by atoms with van der Waals surface area (Å²) >= 11 is 0. The van der Waals surface area contributed by atoms with Gasteiger partial charge in [-0.05, 0) is 25.5 Å². The van der Waals surface area contributed by atoms with Gasteiger partial charge in [0.05, 0.1) is 22.9 Å². The number of nitrogens with one attached hydrogen (secondary N) is 1. The first-order valence-corrected chi connectivity index (χ1v) is 6.70. The molecule has 0 saturated carbocycles. The lowest BCUT2D eigenvalue weighted by atomic mass is 10.2. The maximum Gasteiger partial charge on any atom is 0.334 e. The third-order valence-corrected chi connectivity index (χ3v) is 2.93. The molecule has 0 amide bonds. The second-order valence-corrected chi connectivity index (χ2v) is 4.68. The molecular weight excluding hydrogens is 272 g/mol. The first-order valence-electron chi connectivity index (χ1n) is 6.70. The maximum absolute atomic E-state index is 11.4. The fourth-order valence-electron chi connectivity index (χ4n) is 2.01. The molecule has 1 N–H and O–H groups in total. The average molecular weight is 290 g/mol. The smallest absolute Gasteiger partial charge is 0.334 e. The Morgan fingerprint density at radius 3 is 2.76 bits per heavy atom. The van der Waals surface area contributed by atoms with Crippen molar-refractivity contribution in [2.75, 3.05) is 11.9 Å². The maximum atomic E-state index is 11.4. The van der Waals surface area contributed by atoms with Gasteiger partial charge in [0.2, 0.25) is 0 Å². The number of anilines is 2. The number of aromatic nitrogens is 2. The topological polar surface area (TPSA) is 82.2 Å². The van der Waals surface area contributed by atoms with Gasteiger partial charge in [0, 0.05) is 13.2 Å². The van der Waals surface area contributed by atoms with E-state index in [1.165, 1.54) is 0 Å². The Kier molecular flexibility index (Phi) is 4.42. The molecule has 0 aliphatic rings. The van der Waals surface area contributed by atoms with Crippen molar-refractivity contribution in [2.24, 2.45) is 7.05 Å². The average Bonchev–Trinajstić information content (AvgIpc) is 2.74. The van der Waals surface area contributed by atoms with E-state index in [9.17, 15) is 10.1 Å². The normalized spacial score (nSPS) is 10.4. The zero-order chi connectivity index (χ0) is 15.4. The van der Waals surface area contributed by atoms with E-state index in [0.717, 1.165) is 17.8 Å². The van der Waals surface area contributed by atoms with Gasteiger partial charge in [-0.2, -0.15) is 5.10 Å². The fraction of sp³-hybridized carbons (Fsp3) is 0.357. The van der Waals surface area contributed by atoms with Crippen molar-refractivity contribution in [3.63, 3.8) is 0 Å². The number of ether oxygens (including phenoxy) is 1. The molecule has 2 rings (SSSR count). The molecule has 1 aromatic carbocycles. The van der Waals surface area contributed by atoms with Crippen LogP contribution >= 0.6 is 0 Å². The highest BCUT2D eigenvalue weighted by Crippen LogP contribution is 2.36. The van der Waals surface area contributed by atoms with Crippen molar-refractivity contribution in [3.05, 3.63) is 40.2 Å². The summed E-state index contributed by atoms with van der Waals surface area (Å²) in [5, 5.41) is 18.6. The number of rotatable bonds is 6. The van der Waals surface area contributed by atoms with Crippen LogP contribution in [-0.4, -0.2) is 21.3 Å². The zero-order valence-electron chi connectivity index (χ0n) is 12.3. The molecule has 0 atom stereocenters. The summed E-state index contributed by atoms with van der Waals surface area (Å²) in [7, 11) is 1.80. The van der Waals surface area contributed by atoms with Gasteiger partial charge >= 0.3 is 5.69 Å². The quantitative estimate of drug-likeness (QED) is 0.652. The summed E-state index contributed by atoms with van der Waals surface area (Å²) in [4.78, 5) is 10.9. The van der Waals surface area contributed by atoms with E-state index in [4.69, 9.17) is 4.74 Å². The highest BCUT2D eigenvalue weighted by atomic mass is 16.6. The Hall–Kier alpha value is -2.57. The van der Waals surface area contributed by atoms with Gasteiger partial charge in [-0.25, -0.2) is 0 Å². The van der Waals surface area contributed by atoms with Crippen molar-refractivity contribution >= 4 is 17.1 Å². The van der Waals surface area contributed by atoms with Crippen LogP contribution in [0, 0.1) is 17.0 Å². The zero-order valence-corrected chi connectivity index (χ0v) is 12.3. The summed E-state index contributed by atoms with van der Waals surface area (Å²) in [6, 6.07) is 4.99. The lowest BCUT2D eigenvalue weighted by molar-refractivity contribution is -0.384. The van der Waals surface area contributed by atoms with Gasteiger partial charge in [-0.1, -0.05) is 13.0 Å². The number of nitro benzene ring substituents is 1. The molecule has 0 spiro atoms. The summed E-state index contributed by atoms with van der Waals surface area (Å²) in [5.74, 6) is 0.272. The van der Waals surface area contributed by atoms with Gasteiger partial charge in [0.1, 0.15) is 5.69 Å². The van der Waals surface area contributed by atoms with E-state index in [-0.39, 0.29) is 11.4 Å². The fourth-order valence-corrected chi connectivity index (χ4v) is 2.01. The minimum absolute atomic E-state index is 0.0609. The lowest BCUT2D eigenvalue weighted by Crippen LogP contribution is -2.02. The molecule has 7 heteroatoms. The van der Waals surface area contributed by atoms with Crippen molar-refractivity contribution in [1.82, 2.24) is 9.78 Å². The van der Waals surface area contributed by atoms with E-state index < -0.39 is 4.92 Å². The number of hydrogen-bond donors (Lipinski definition) is 1. The molecule has 0 fully saturated rings. The van der Waals surface area contributed by atoms with Crippen molar-refractivity contribution in [2.45, 2.75) is 20.3 Å². The minimum atomic E-state index is -0.432. The first-order chi connectivity index (χ1) is 10.0. The molecule has 0 unspecified atom stereocenters.